The Bertz CT molecular complexity index is 641. The molecule has 2 aromatic rings. The Morgan fingerprint density at radius 3 is 2.24 bits per heavy atom. The summed E-state index contributed by atoms with van der Waals surface area (Å²) in [5.41, 5.74) is 1.28. The van der Waals surface area contributed by atoms with Gasteiger partial charge in [-0.15, -0.1) is 11.8 Å². The molecule has 0 nitrogen and oxygen atoms in total. The van der Waals surface area contributed by atoms with Crippen LogP contribution in [0.25, 0.3) is 23.9 Å². The molecule has 0 radical (unpaired) electrons. The lowest BCUT2D eigenvalue weighted by molar-refractivity contribution is 1.10. The van der Waals surface area contributed by atoms with Gasteiger partial charge in [-0.1, -0.05) is 44.3 Å². The Morgan fingerprint density at radius 2 is 1.65 bits per heavy atom. The summed E-state index contributed by atoms with van der Waals surface area (Å²) < 4.78 is 0. The van der Waals surface area contributed by atoms with Gasteiger partial charge >= 0.3 is 0 Å². The van der Waals surface area contributed by atoms with Crippen LogP contribution in [0.3, 0.4) is 0 Å². The molecular weight excluding hydrogens is 224 g/mol. The van der Waals surface area contributed by atoms with E-state index in [2.05, 4.69) is 51.3 Å². The van der Waals surface area contributed by atoms with Gasteiger partial charge in [-0.3, -0.25) is 0 Å². The summed E-state index contributed by atoms with van der Waals surface area (Å²) in [4.78, 5) is 1.32. The third-order valence-corrected chi connectivity index (χ3v) is 4.55. The second-order valence-electron chi connectivity index (χ2n) is 4.31. The summed E-state index contributed by atoms with van der Waals surface area (Å²) in [6, 6.07) is 8.41. The van der Waals surface area contributed by atoms with E-state index in [1.54, 1.807) is 0 Å². The number of hydrogen-bond acceptors (Lipinski definition) is 1. The highest BCUT2D eigenvalue weighted by Crippen LogP contribution is 2.20. The van der Waals surface area contributed by atoms with Crippen LogP contribution in [0.4, 0.5) is 0 Å². The lowest BCUT2D eigenvalue weighted by Gasteiger charge is -2.10. The summed E-state index contributed by atoms with van der Waals surface area (Å²) in [7, 11) is 0. The van der Waals surface area contributed by atoms with Gasteiger partial charge in [0.2, 0.25) is 0 Å². The van der Waals surface area contributed by atoms with Crippen molar-refractivity contribution < 1.29 is 0 Å². The molecule has 0 aliphatic carbocycles. The first-order valence-corrected chi connectivity index (χ1v) is 6.97. The van der Waals surface area contributed by atoms with Crippen molar-refractivity contribution in [3.63, 3.8) is 0 Å². The van der Waals surface area contributed by atoms with Crippen molar-refractivity contribution in [3.8, 4) is 0 Å². The highest BCUT2D eigenvalue weighted by molar-refractivity contribution is 7.99. The maximum Gasteiger partial charge on any atom is 0.0180 e. The van der Waals surface area contributed by atoms with E-state index >= 15 is 0 Å². The molecule has 0 spiro atoms. The fourth-order valence-corrected chi connectivity index (χ4v) is 3.13. The predicted molar refractivity (Wildman–Crippen MR) is 80.0 cm³/mol. The van der Waals surface area contributed by atoms with Crippen LogP contribution in [0.15, 0.2) is 29.2 Å². The summed E-state index contributed by atoms with van der Waals surface area (Å²) >= 11 is 1.90. The Balaban J connectivity index is 2.78. The molecule has 0 saturated carbocycles. The van der Waals surface area contributed by atoms with Crippen LogP contribution in [-0.4, -0.2) is 5.75 Å². The maximum absolute atomic E-state index is 4.25. The largest absolute Gasteiger partial charge is 0.125 e. The van der Waals surface area contributed by atoms with E-state index in [0.717, 1.165) is 16.2 Å². The van der Waals surface area contributed by atoms with E-state index in [0.29, 0.717) is 0 Å². The van der Waals surface area contributed by atoms with Gasteiger partial charge in [0.15, 0.2) is 0 Å². The fraction of sp³-hybridized carbons (Fsp3) is 0.250. The molecule has 0 saturated heterocycles. The molecule has 0 amide bonds. The van der Waals surface area contributed by atoms with E-state index < -0.39 is 0 Å². The monoisotopic (exact) mass is 242 g/mol. The molecule has 0 aromatic heterocycles. The summed E-state index contributed by atoms with van der Waals surface area (Å²) in [6.07, 6.45) is 1.18. The minimum absolute atomic E-state index is 1.14. The van der Waals surface area contributed by atoms with Crippen molar-refractivity contribution >= 4 is 35.7 Å². The van der Waals surface area contributed by atoms with Crippen molar-refractivity contribution in [1.29, 1.82) is 0 Å². The molecule has 0 aliphatic rings. The maximum atomic E-state index is 4.25. The second-order valence-corrected chi connectivity index (χ2v) is 5.41. The molecule has 0 bridgehead atoms. The van der Waals surface area contributed by atoms with Gasteiger partial charge < -0.3 is 0 Å². The van der Waals surface area contributed by atoms with Crippen molar-refractivity contribution in [2.75, 3.05) is 5.75 Å². The molecule has 0 atom stereocenters. The number of fused-ring (bicyclic) bond motifs is 1. The first-order chi connectivity index (χ1) is 8.16. The van der Waals surface area contributed by atoms with Crippen LogP contribution in [0.5, 0.6) is 0 Å². The number of thioether (sulfide) groups is 1. The molecule has 2 rings (SSSR count). The van der Waals surface area contributed by atoms with Gasteiger partial charge in [-0.25, -0.2) is 0 Å². The smallest absolute Gasteiger partial charge is 0.0180 e. The van der Waals surface area contributed by atoms with Crippen molar-refractivity contribution in [1.82, 2.24) is 0 Å². The van der Waals surface area contributed by atoms with Gasteiger partial charge in [0.05, 0.1) is 0 Å². The van der Waals surface area contributed by atoms with Crippen LogP contribution in [-0.2, 0) is 0 Å². The second kappa shape index (κ2) is 4.97. The lowest BCUT2D eigenvalue weighted by Crippen LogP contribution is -2.17. The van der Waals surface area contributed by atoms with Crippen molar-refractivity contribution in [2.24, 2.45) is 0 Å². The first kappa shape index (κ1) is 12.3. The third-order valence-electron chi connectivity index (χ3n) is 3.10. The normalized spacial score (nSPS) is 10.9. The highest BCUT2D eigenvalue weighted by atomic mass is 32.2. The van der Waals surface area contributed by atoms with Gasteiger partial charge in [0.1, 0.15) is 0 Å². The number of benzene rings is 2. The minimum atomic E-state index is 1.14. The minimum Gasteiger partial charge on any atom is -0.125 e. The molecule has 17 heavy (non-hydrogen) atoms. The van der Waals surface area contributed by atoms with Crippen LogP contribution >= 0.6 is 11.8 Å². The van der Waals surface area contributed by atoms with Crippen molar-refractivity contribution in [3.05, 3.63) is 40.3 Å². The molecule has 0 aliphatic heterocycles. The fourth-order valence-electron chi connectivity index (χ4n) is 2.10. The molecule has 88 valence electrons. The molecule has 0 fully saturated rings. The average molecular weight is 242 g/mol. The summed E-state index contributed by atoms with van der Waals surface area (Å²) in [5, 5.41) is 4.77. The lowest BCUT2D eigenvalue weighted by atomic mass is 10.0. The van der Waals surface area contributed by atoms with Gasteiger partial charge in [-0.05, 0) is 45.9 Å². The quantitative estimate of drug-likeness (QED) is 0.743. The summed E-state index contributed by atoms with van der Waals surface area (Å²) in [5.74, 6) is 1.14. The van der Waals surface area contributed by atoms with E-state index in [1.165, 1.54) is 27.7 Å². The number of hydrogen-bond donors (Lipinski definition) is 0. The van der Waals surface area contributed by atoms with Crippen LogP contribution in [0.2, 0.25) is 0 Å². The van der Waals surface area contributed by atoms with Crippen LogP contribution in [0, 0.1) is 6.92 Å². The number of rotatable bonds is 3. The zero-order valence-corrected chi connectivity index (χ0v) is 11.4. The first-order valence-electron chi connectivity index (χ1n) is 5.98. The van der Waals surface area contributed by atoms with Gasteiger partial charge in [0, 0.05) is 4.90 Å². The Morgan fingerprint density at radius 1 is 1.06 bits per heavy atom. The highest BCUT2D eigenvalue weighted by Gasteiger charge is 2.06. The molecular formula is C16H18S. The SMILES string of the molecule is C=c1c(C)c(SCCC)c(=C)c2ccccc12. The van der Waals surface area contributed by atoms with E-state index in [1.807, 2.05) is 11.8 Å². The summed E-state index contributed by atoms with van der Waals surface area (Å²) in [6.45, 7) is 12.8. The van der Waals surface area contributed by atoms with Crippen molar-refractivity contribution in [2.45, 2.75) is 25.2 Å². The Labute approximate surface area is 107 Å². The van der Waals surface area contributed by atoms with Crippen LogP contribution in [0.1, 0.15) is 18.9 Å². The topological polar surface area (TPSA) is 0 Å². The standard InChI is InChI=1S/C16H18S/c1-5-10-17-16-12(3)11(2)14-8-6-7-9-15(14)13(16)4/h6-9H,2,4-5,10H2,1,3H3. The molecule has 0 N–H and O–H groups in total. The van der Waals surface area contributed by atoms with Gasteiger partial charge in [-0.2, -0.15) is 0 Å². The Kier molecular flexibility index (Phi) is 3.58. The average Bonchev–Trinajstić information content (AvgIpc) is 2.36. The van der Waals surface area contributed by atoms with E-state index in [9.17, 15) is 0 Å². The predicted octanol–water partition coefficient (Wildman–Crippen LogP) is 3.47. The van der Waals surface area contributed by atoms with Crippen LogP contribution < -0.4 is 10.4 Å². The zero-order chi connectivity index (χ0) is 12.4. The molecule has 2 aromatic carbocycles. The molecule has 0 heterocycles. The Hall–Kier alpha value is -1.21. The third kappa shape index (κ3) is 2.12. The molecule has 0 unspecified atom stereocenters. The van der Waals surface area contributed by atoms with E-state index in [-0.39, 0.29) is 0 Å². The molecule has 1 heteroatoms. The van der Waals surface area contributed by atoms with E-state index in [4.69, 9.17) is 0 Å². The van der Waals surface area contributed by atoms with Gasteiger partial charge in [0.25, 0.3) is 0 Å². The zero-order valence-electron chi connectivity index (χ0n) is 10.5.